The molecule has 1 N–H and O–H groups in total. The van der Waals surface area contributed by atoms with Crippen molar-refractivity contribution in [3.63, 3.8) is 0 Å². The van der Waals surface area contributed by atoms with Crippen molar-refractivity contribution in [1.29, 1.82) is 0 Å². The molecule has 1 aromatic carbocycles. The highest BCUT2D eigenvalue weighted by molar-refractivity contribution is 6.30. The number of fused-ring (bicyclic) bond motifs is 1. The van der Waals surface area contributed by atoms with E-state index in [0.717, 1.165) is 43.2 Å². The predicted molar refractivity (Wildman–Crippen MR) is 81.3 cm³/mol. The molecule has 0 radical (unpaired) electrons. The van der Waals surface area contributed by atoms with Gasteiger partial charge in [-0.2, -0.15) is 0 Å². The fraction of sp³-hybridized carbons (Fsp3) is 0.625. The zero-order valence-corrected chi connectivity index (χ0v) is 12.9. The average Bonchev–Trinajstić information content (AvgIpc) is 2.83. The SMILES string of the molecule is CCNC(C)C(CC)Cc1cc(Cl)cc2c1OCC2. The van der Waals surface area contributed by atoms with Crippen LogP contribution in [0.1, 0.15) is 38.3 Å². The van der Waals surface area contributed by atoms with Crippen LogP contribution >= 0.6 is 11.6 Å². The monoisotopic (exact) mass is 281 g/mol. The largest absolute Gasteiger partial charge is 0.493 e. The van der Waals surface area contributed by atoms with Crippen LogP contribution in [0, 0.1) is 5.92 Å². The molecule has 0 bridgehead atoms. The first-order chi connectivity index (χ1) is 9.15. The van der Waals surface area contributed by atoms with Crippen LogP contribution in [0.15, 0.2) is 12.1 Å². The highest BCUT2D eigenvalue weighted by Gasteiger charge is 2.22. The zero-order chi connectivity index (χ0) is 13.8. The minimum absolute atomic E-state index is 0.519. The Hall–Kier alpha value is -0.730. The summed E-state index contributed by atoms with van der Waals surface area (Å²) in [5.41, 5.74) is 2.55. The third kappa shape index (κ3) is 3.43. The lowest BCUT2D eigenvalue weighted by molar-refractivity contribution is 0.338. The van der Waals surface area contributed by atoms with Gasteiger partial charge in [-0.3, -0.25) is 0 Å². The lowest BCUT2D eigenvalue weighted by Crippen LogP contribution is -2.34. The molecule has 1 aliphatic rings. The molecular weight excluding hydrogens is 258 g/mol. The number of hydrogen-bond acceptors (Lipinski definition) is 2. The summed E-state index contributed by atoms with van der Waals surface area (Å²) < 4.78 is 5.79. The lowest BCUT2D eigenvalue weighted by atomic mass is 9.89. The Morgan fingerprint density at radius 1 is 1.37 bits per heavy atom. The molecule has 1 aromatic rings. The molecule has 1 heterocycles. The summed E-state index contributed by atoms with van der Waals surface area (Å²) in [4.78, 5) is 0. The van der Waals surface area contributed by atoms with Crippen molar-refractivity contribution >= 4 is 11.6 Å². The first kappa shape index (κ1) is 14.7. The summed E-state index contributed by atoms with van der Waals surface area (Å²) >= 11 is 6.22. The van der Waals surface area contributed by atoms with Crippen LogP contribution in [0.4, 0.5) is 0 Å². The van der Waals surface area contributed by atoms with Gasteiger partial charge in [-0.15, -0.1) is 0 Å². The van der Waals surface area contributed by atoms with Gasteiger partial charge in [0.1, 0.15) is 5.75 Å². The summed E-state index contributed by atoms with van der Waals surface area (Å²) in [5.74, 6) is 1.71. The summed E-state index contributed by atoms with van der Waals surface area (Å²) in [7, 11) is 0. The Kier molecular flexibility index (Phi) is 5.12. The van der Waals surface area contributed by atoms with Crippen LogP contribution in [0.2, 0.25) is 5.02 Å². The number of halogens is 1. The maximum atomic E-state index is 6.22. The molecule has 0 saturated heterocycles. The van der Waals surface area contributed by atoms with E-state index in [0.29, 0.717) is 12.0 Å². The lowest BCUT2D eigenvalue weighted by Gasteiger charge is -2.24. The van der Waals surface area contributed by atoms with Gasteiger partial charge in [-0.05, 0) is 49.1 Å². The maximum absolute atomic E-state index is 6.22. The molecule has 0 saturated carbocycles. The molecule has 2 unspecified atom stereocenters. The summed E-state index contributed by atoms with van der Waals surface area (Å²) in [6.07, 6.45) is 3.19. The molecule has 0 fully saturated rings. The standard InChI is InChI=1S/C16H24ClNO/c1-4-12(11(3)18-5-2)8-14-10-15(17)9-13-6-7-19-16(13)14/h9-12,18H,4-8H2,1-3H3. The maximum Gasteiger partial charge on any atom is 0.125 e. The van der Waals surface area contributed by atoms with E-state index < -0.39 is 0 Å². The van der Waals surface area contributed by atoms with Crippen LogP contribution < -0.4 is 10.1 Å². The molecule has 19 heavy (non-hydrogen) atoms. The number of hydrogen-bond donors (Lipinski definition) is 1. The molecule has 0 amide bonds. The van der Waals surface area contributed by atoms with Gasteiger partial charge in [-0.1, -0.05) is 31.9 Å². The molecule has 0 aromatic heterocycles. The molecular formula is C16H24ClNO. The average molecular weight is 282 g/mol. The summed E-state index contributed by atoms with van der Waals surface area (Å²) in [5, 5.41) is 4.36. The Morgan fingerprint density at radius 3 is 2.84 bits per heavy atom. The van der Waals surface area contributed by atoms with Crippen LogP contribution in [0.25, 0.3) is 0 Å². The first-order valence-corrected chi connectivity index (χ1v) is 7.71. The molecule has 2 atom stereocenters. The zero-order valence-electron chi connectivity index (χ0n) is 12.1. The van der Waals surface area contributed by atoms with Crippen LogP contribution in [0.5, 0.6) is 5.75 Å². The topological polar surface area (TPSA) is 21.3 Å². The van der Waals surface area contributed by atoms with Gasteiger partial charge < -0.3 is 10.1 Å². The van der Waals surface area contributed by atoms with Crippen LogP contribution in [0.3, 0.4) is 0 Å². The van der Waals surface area contributed by atoms with Crippen LogP contribution in [-0.2, 0) is 12.8 Å². The molecule has 106 valence electrons. The van der Waals surface area contributed by atoms with Crippen molar-refractivity contribution in [3.05, 3.63) is 28.3 Å². The van der Waals surface area contributed by atoms with E-state index >= 15 is 0 Å². The second-order valence-electron chi connectivity index (χ2n) is 5.37. The quantitative estimate of drug-likeness (QED) is 0.855. The Morgan fingerprint density at radius 2 is 2.16 bits per heavy atom. The predicted octanol–water partition coefficient (Wildman–Crippen LogP) is 3.84. The first-order valence-electron chi connectivity index (χ1n) is 7.33. The van der Waals surface area contributed by atoms with E-state index in [4.69, 9.17) is 16.3 Å². The van der Waals surface area contributed by atoms with Crippen molar-refractivity contribution in [2.45, 2.75) is 46.1 Å². The highest BCUT2D eigenvalue weighted by Crippen LogP contribution is 2.35. The van der Waals surface area contributed by atoms with Gasteiger partial charge in [0, 0.05) is 17.5 Å². The van der Waals surface area contributed by atoms with Crippen molar-refractivity contribution in [1.82, 2.24) is 5.32 Å². The summed E-state index contributed by atoms with van der Waals surface area (Å²) in [6.45, 7) is 8.49. The second kappa shape index (κ2) is 6.62. The third-order valence-electron chi connectivity index (χ3n) is 4.07. The van der Waals surface area contributed by atoms with Gasteiger partial charge >= 0.3 is 0 Å². The molecule has 2 nitrogen and oxygen atoms in total. The number of benzene rings is 1. The molecule has 0 aliphatic carbocycles. The smallest absolute Gasteiger partial charge is 0.125 e. The van der Waals surface area contributed by atoms with Crippen molar-refractivity contribution in [2.75, 3.05) is 13.2 Å². The van der Waals surface area contributed by atoms with E-state index in [9.17, 15) is 0 Å². The Bertz CT molecular complexity index is 433. The number of nitrogens with one attached hydrogen (secondary N) is 1. The van der Waals surface area contributed by atoms with E-state index in [1.807, 2.05) is 6.07 Å². The van der Waals surface area contributed by atoms with Crippen molar-refractivity contribution in [2.24, 2.45) is 5.92 Å². The molecule has 0 spiro atoms. The van der Waals surface area contributed by atoms with E-state index in [1.165, 1.54) is 11.1 Å². The Balaban J connectivity index is 2.18. The Labute approximate surface area is 121 Å². The normalized spacial score (nSPS) is 16.8. The molecule has 2 rings (SSSR count). The van der Waals surface area contributed by atoms with Gasteiger partial charge in [0.05, 0.1) is 6.61 Å². The fourth-order valence-electron chi connectivity index (χ4n) is 2.94. The van der Waals surface area contributed by atoms with Gasteiger partial charge in [-0.25, -0.2) is 0 Å². The minimum Gasteiger partial charge on any atom is -0.493 e. The van der Waals surface area contributed by atoms with Gasteiger partial charge in [0.25, 0.3) is 0 Å². The van der Waals surface area contributed by atoms with E-state index in [2.05, 4.69) is 32.2 Å². The minimum atomic E-state index is 0.519. The van der Waals surface area contributed by atoms with E-state index in [1.54, 1.807) is 0 Å². The molecule has 3 heteroatoms. The highest BCUT2D eigenvalue weighted by atomic mass is 35.5. The van der Waals surface area contributed by atoms with Crippen molar-refractivity contribution < 1.29 is 4.74 Å². The van der Waals surface area contributed by atoms with Crippen molar-refractivity contribution in [3.8, 4) is 5.75 Å². The van der Waals surface area contributed by atoms with Crippen LogP contribution in [-0.4, -0.2) is 19.2 Å². The second-order valence-corrected chi connectivity index (χ2v) is 5.81. The third-order valence-corrected chi connectivity index (χ3v) is 4.28. The number of ether oxygens (including phenoxy) is 1. The fourth-order valence-corrected chi connectivity index (χ4v) is 3.21. The summed E-state index contributed by atoms with van der Waals surface area (Å²) in [6, 6.07) is 4.64. The molecule has 1 aliphatic heterocycles. The number of rotatable bonds is 6. The van der Waals surface area contributed by atoms with Gasteiger partial charge in [0.2, 0.25) is 0 Å². The van der Waals surface area contributed by atoms with Gasteiger partial charge in [0.15, 0.2) is 0 Å². The van der Waals surface area contributed by atoms with E-state index in [-0.39, 0.29) is 0 Å².